The molecule has 0 amide bonds. The topological polar surface area (TPSA) is 0 Å². The lowest BCUT2D eigenvalue weighted by Gasteiger charge is -2.25. The minimum atomic E-state index is 0.394. The van der Waals surface area contributed by atoms with Gasteiger partial charge in [0.05, 0.1) is 0 Å². The lowest BCUT2D eigenvalue weighted by atomic mass is 9.80. The molecule has 0 aliphatic heterocycles. The van der Waals surface area contributed by atoms with Crippen LogP contribution in [0.15, 0.2) is 35.5 Å². The summed E-state index contributed by atoms with van der Waals surface area (Å²) >= 11 is 0. The molecule has 0 unspecified atom stereocenters. The monoisotopic (exact) mass is 146 g/mol. The third kappa shape index (κ3) is 1.18. The molecule has 11 heavy (non-hydrogen) atoms. The van der Waals surface area contributed by atoms with Crippen LogP contribution in [-0.2, 0) is 0 Å². The zero-order valence-electron chi connectivity index (χ0n) is 7.22. The molecule has 2 aliphatic rings. The van der Waals surface area contributed by atoms with Crippen LogP contribution in [-0.4, -0.2) is 0 Å². The van der Waals surface area contributed by atoms with E-state index in [4.69, 9.17) is 0 Å². The van der Waals surface area contributed by atoms with Crippen LogP contribution in [0.4, 0.5) is 0 Å². The van der Waals surface area contributed by atoms with Gasteiger partial charge in [-0.3, -0.25) is 0 Å². The van der Waals surface area contributed by atoms with Gasteiger partial charge < -0.3 is 0 Å². The minimum Gasteiger partial charge on any atom is -0.0798 e. The first-order chi connectivity index (χ1) is 5.17. The first-order valence-corrected chi connectivity index (χ1v) is 4.25. The van der Waals surface area contributed by atoms with Crippen molar-refractivity contribution in [3.63, 3.8) is 0 Å². The summed E-state index contributed by atoms with van der Waals surface area (Å²) in [6, 6.07) is 0. The predicted molar refractivity (Wildman–Crippen MR) is 48.3 cm³/mol. The summed E-state index contributed by atoms with van der Waals surface area (Å²) in [6.07, 6.45) is 11.5. The van der Waals surface area contributed by atoms with Crippen LogP contribution in [0.1, 0.15) is 26.7 Å². The minimum absolute atomic E-state index is 0.394. The van der Waals surface area contributed by atoms with Gasteiger partial charge in [0.1, 0.15) is 0 Å². The van der Waals surface area contributed by atoms with Crippen molar-refractivity contribution in [1.82, 2.24) is 0 Å². The molecular weight excluding hydrogens is 132 g/mol. The van der Waals surface area contributed by atoms with E-state index < -0.39 is 0 Å². The Labute approximate surface area is 68.3 Å². The second-order valence-corrected chi connectivity index (χ2v) is 4.16. The van der Waals surface area contributed by atoms with E-state index in [-0.39, 0.29) is 0 Å². The van der Waals surface area contributed by atoms with E-state index in [1.807, 2.05) is 0 Å². The number of rotatable bonds is 0. The maximum Gasteiger partial charge on any atom is -0.0126 e. The molecule has 0 fully saturated rings. The Morgan fingerprint density at radius 3 is 2.91 bits per heavy atom. The predicted octanol–water partition coefficient (Wildman–Crippen LogP) is 3.23. The SMILES string of the molecule is CC1(C)C=CC2=C(CC=C2)C1. The van der Waals surface area contributed by atoms with Crippen molar-refractivity contribution in [3.8, 4) is 0 Å². The average Bonchev–Trinajstić information content (AvgIpc) is 2.31. The quantitative estimate of drug-likeness (QED) is 0.492. The van der Waals surface area contributed by atoms with Crippen molar-refractivity contribution in [3.05, 3.63) is 35.5 Å². The summed E-state index contributed by atoms with van der Waals surface area (Å²) in [5.41, 5.74) is 3.48. The smallest absolute Gasteiger partial charge is 0.0126 e. The van der Waals surface area contributed by atoms with Crippen molar-refractivity contribution >= 4 is 0 Å². The maximum atomic E-state index is 2.32. The highest BCUT2D eigenvalue weighted by atomic mass is 14.3. The Balaban J connectivity index is 2.29. The molecule has 0 saturated heterocycles. The Morgan fingerprint density at radius 2 is 2.09 bits per heavy atom. The van der Waals surface area contributed by atoms with Crippen molar-refractivity contribution in [2.75, 3.05) is 0 Å². The average molecular weight is 146 g/mol. The van der Waals surface area contributed by atoms with Gasteiger partial charge in [0.15, 0.2) is 0 Å². The van der Waals surface area contributed by atoms with E-state index in [0.29, 0.717) is 5.41 Å². The van der Waals surface area contributed by atoms with Crippen molar-refractivity contribution in [2.24, 2.45) is 5.41 Å². The summed E-state index contributed by atoms with van der Waals surface area (Å²) in [5, 5.41) is 0. The van der Waals surface area contributed by atoms with Gasteiger partial charge in [0.25, 0.3) is 0 Å². The van der Waals surface area contributed by atoms with Crippen LogP contribution in [0.2, 0.25) is 0 Å². The highest BCUT2D eigenvalue weighted by Crippen LogP contribution is 2.37. The first kappa shape index (κ1) is 6.90. The van der Waals surface area contributed by atoms with Crippen LogP contribution < -0.4 is 0 Å². The van der Waals surface area contributed by atoms with Gasteiger partial charge >= 0.3 is 0 Å². The molecule has 0 aromatic heterocycles. The van der Waals surface area contributed by atoms with E-state index in [1.165, 1.54) is 18.4 Å². The maximum absolute atomic E-state index is 2.32. The fourth-order valence-electron chi connectivity index (χ4n) is 1.84. The van der Waals surface area contributed by atoms with E-state index in [1.54, 1.807) is 5.57 Å². The van der Waals surface area contributed by atoms with Gasteiger partial charge in [-0.15, -0.1) is 0 Å². The fourth-order valence-corrected chi connectivity index (χ4v) is 1.84. The highest BCUT2D eigenvalue weighted by molar-refractivity contribution is 5.45. The Kier molecular flexibility index (Phi) is 1.32. The number of hydrogen-bond donors (Lipinski definition) is 0. The molecule has 0 heterocycles. The molecule has 2 aliphatic carbocycles. The van der Waals surface area contributed by atoms with Crippen molar-refractivity contribution < 1.29 is 0 Å². The standard InChI is InChI=1S/C11H14/c1-11(2)7-6-9-4-3-5-10(9)8-11/h3-4,6-7H,5,8H2,1-2H3. The molecule has 0 radical (unpaired) electrons. The molecule has 0 aromatic carbocycles. The van der Waals surface area contributed by atoms with Crippen LogP contribution >= 0.6 is 0 Å². The van der Waals surface area contributed by atoms with Crippen LogP contribution in [0.5, 0.6) is 0 Å². The molecule has 0 saturated carbocycles. The van der Waals surface area contributed by atoms with E-state index in [9.17, 15) is 0 Å². The Hall–Kier alpha value is -0.780. The Morgan fingerprint density at radius 1 is 1.27 bits per heavy atom. The summed E-state index contributed by atoms with van der Waals surface area (Å²) in [6.45, 7) is 4.59. The number of hydrogen-bond acceptors (Lipinski definition) is 0. The molecule has 58 valence electrons. The van der Waals surface area contributed by atoms with Crippen LogP contribution in [0.3, 0.4) is 0 Å². The summed E-state index contributed by atoms with van der Waals surface area (Å²) in [4.78, 5) is 0. The Bertz CT molecular complexity index is 262. The molecule has 0 atom stereocenters. The van der Waals surface area contributed by atoms with Crippen LogP contribution in [0, 0.1) is 5.41 Å². The third-order valence-corrected chi connectivity index (χ3v) is 2.45. The normalized spacial score (nSPS) is 26.0. The summed E-state index contributed by atoms with van der Waals surface area (Å²) < 4.78 is 0. The fraction of sp³-hybridized carbons (Fsp3) is 0.455. The zero-order valence-corrected chi connectivity index (χ0v) is 7.22. The zero-order chi connectivity index (χ0) is 7.90. The van der Waals surface area contributed by atoms with Gasteiger partial charge in [-0.05, 0) is 23.8 Å². The number of allylic oxidation sites excluding steroid dienone is 6. The molecular formula is C11H14. The lowest BCUT2D eigenvalue weighted by Crippen LogP contribution is -2.11. The van der Waals surface area contributed by atoms with E-state index >= 15 is 0 Å². The molecule has 0 aromatic rings. The third-order valence-electron chi connectivity index (χ3n) is 2.45. The lowest BCUT2D eigenvalue weighted by molar-refractivity contribution is 0.466. The van der Waals surface area contributed by atoms with Crippen molar-refractivity contribution in [1.29, 1.82) is 0 Å². The summed E-state index contributed by atoms with van der Waals surface area (Å²) in [5.74, 6) is 0. The molecule has 0 nitrogen and oxygen atoms in total. The van der Waals surface area contributed by atoms with Gasteiger partial charge in [-0.2, -0.15) is 0 Å². The van der Waals surface area contributed by atoms with Gasteiger partial charge in [0, 0.05) is 0 Å². The summed E-state index contributed by atoms with van der Waals surface area (Å²) in [7, 11) is 0. The molecule has 0 spiro atoms. The van der Waals surface area contributed by atoms with Gasteiger partial charge in [-0.1, -0.05) is 43.7 Å². The second kappa shape index (κ2) is 2.10. The first-order valence-electron chi connectivity index (χ1n) is 4.25. The molecule has 0 N–H and O–H groups in total. The molecule has 0 bridgehead atoms. The van der Waals surface area contributed by atoms with Crippen molar-refractivity contribution in [2.45, 2.75) is 26.7 Å². The second-order valence-electron chi connectivity index (χ2n) is 4.16. The largest absolute Gasteiger partial charge is 0.0798 e. The highest BCUT2D eigenvalue weighted by Gasteiger charge is 2.22. The van der Waals surface area contributed by atoms with E-state index in [0.717, 1.165) is 0 Å². The van der Waals surface area contributed by atoms with Crippen LogP contribution in [0.25, 0.3) is 0 Å². The van der Waals surface area contributed by atoms with Gasteiger partial charge in [-0.25, -0.2) is 0 Å². The molecule has 2 rings (SSSR count). The molecule has 0 heteroatoms. The van der Waals surface area contributed by atoms with E-state index in [2.05, 4.69) is 38.2 Å². The van der Waals surface area contributed by atoms with Gasteiger partial charge in [0.2, 0.25) is 0 Å².